The molecule has 0 spiro atoms. The highest BCUT2D eigenvalue weighted by Crippen LogP contribution is 2.31. The molecule has 5 nitrogen and oxygen atoms in total. The molecular formula is C15H15BrN2O3. The average molecular weight is 351 g/mol. The lowest BCUT2D eigenvalue weighted by molar-refractivity contribution is -0.117. The molecule has 2 aromatic rings. The number of carbonyl (C=O) groups is 1. The van der Waals surface area contributed by atoms with Crippen molar-refractivity contribution in [1.82, 2.24) is 0 Å². The Morgan fingerprint density at radius 3 is 2.52 bits per heavy atom. The molecule has 0 bridgehead atoms. The molecule has 6 heteroatoms. The number of carbonyl (C=O) groups excluding carboxylic acids is 1. The number of hydrogen-bond acceptors (Lipinski definition) is 4. The number of halogens is 1. The first kappa shape index (κ1) is 15.3. The number of phenolic OH excluding ortho intramolecular Hbond substituents is 2. The third kappa shape index (κ3) is 3.96. The lowest BCUT2D eigenvalue weighted by Gasteiger charge is -2.13. The summed E-state index contributed by atoms with van der Waals surface area (Å²) in [5.41, 5.74) is 7.00. The van der Waals surface area contributed by atoms with Crippen LogP contribution in [0.2, 0.25) is 0 Å². The molecule has 1 atom stereocenters. The summed E-state index contributed by atoms with van der Waals surface area (Å²) in [5, 5.41) is 21.6. The van der Waals surface area contributed by atoms with Gasteiger partial charge in [0.25, 0.3) is 0 Å². The van der Waals surface area contributed by atoms with E-state index in [1.807, 2.05) is 0 Å². The lowest BCUT2D eigenvalue weighted by atomic mass is 10.1. The molecule has 21 heavy (non-hydrogen) atoms. The normalized spacial score (nSPS) is 11.9. The topological polar surface area (TPSA) is 95.6 Å². The lowest BCUT2D eigenvalue weighted by Crippen LogP contribution is -2.37. The van der Waals surface area contributed by atoms with Gasteiger partial charge in [-0.3, -0.25) is 4.79 Å². The van der Waals surface area contributed by atoms with Crippen molar-refractivity contribution < 1.29 is 15.0 Å². The van der Waals surface area contributed by atoms with Gasteiger partial charge in [-0.25, -0.2) is 0 Å². The van der Waals surface area contributed by atoms with Gasteiger partial charge in [0.15, 0.2) is 5.75 Å². The van der Waals surface area contributed by atoms with Crippen molar-refractivity contribution in [1.29, 1.82) is 0 Å². The van der Waals surface area contributed by atoms with Gasteiger partial charge >= 0.3 is 0 Å². The first-order valence-corrected chi connectivity index (χ1v) is 7.08. The highest BCUT2D eigenvalue weighted by molar-refractivity contribution is 9.10. The van der Waals surface area contributed by atoms with Crippen LogP contribution in [0.25, 0.3) is 0 Å². The number of phenols is 2. The van der Waals surface area contributed by atoms with Crippen LogP contribution in [0.15, 0.2) is 46.9 Å². The summed E-state index contributed by atoms with van der Waals surface area (Å²) in [6.07, 6.45) is 0.334. The van der Waals surface area contributed by atoms with Gasteiger partial charge in [-0.2, -0.15) is 0 Å². The van der Waals surface area contributed by atoms with Crippen molar-refractivity contribution in [3.05, 3.63) is 52.5 Å². The van der Waals surface area contributed by atoms with Crippen LogP contribution >= 0.6 is 15.9 Å². The SMILES string of the molecule is NC(Cc1ccc(O)cc1)C(=O)Nc1cccc(Br)c1O. The summed E-state index contributed by atoms with van der Waals surface area (Å²) in [6, 6.07) is 10.7. The number of anilines is 1. The standard InChI is InChI=1S/C15H15BrN2O3/c16-11-2-1-3-13(14(11)20)18-15(21)12(17)8-9-4-6-10(19)7-5-9/h1-7,12,19-20H,8,17H2,(H,18,21). The summed E-state index contributed by atoms with van der Waals surface area (Å²) >= 11 is 3.18. The number of para-hydroxylation sites is 1. The Morgan fingerprint density at radius 1 is 1.19 bits per heavy atom. The minimum Gasteiger partial charge on any atom is -0.508 e. The highest BCUT2D eigenvalue weighted by atomic mass is 79.9. The quantitative estimate of drug-likeness (QED) is 0.636. The average Bonchev–Trinajstić information content (AvgIpc) is 2.46. The Kier molecular flexibility index (Phi) is 4.82. The monoisotopic (exact) mass is 350 g/mol. The fourth-order valence-corrected chi connectivity index (χ4v) is 2.19. The highest BCUT2D eigenvalue weighted by Gasteiger charge is 2.16. The van der Waals surface area contributed by atoms with E-state index in [9.17, 15) is 15.0 Å². The van der Waals surface area contributed by atoms with Gasteiger partial charge in [0.05, 0.1) is 16.2 Å². The van der Waals surface area contributed by atoms with Gasteiger partial charge in [0.1, 0.15) is 5.75 Å². The van der Waals surface area contributed by atoms with E-state index in [2.05, 4.69) is 21.2 Å². The second-order valence-corrected chi connectivity index (χ2v) is 5.46. The molecule has 1 unspecified atom stereocenters. The molecule has 0 aliphatic carbocycles. The van der Waals surface area contributed by atoms with Gasteiger partial charge in [0, 0.05) is 0 Å². The molecule has 2 aromatic carbocycles. The molecule has 5 N–H and O–H groups in total. The largest absolute Gasteiger partial charge is 0.508 e. The second-order valence-electron chi connectivity index (χ2n) is 4.60. The van der Waals surface area contributed by atoms with E-state index >= 15 is 0 Å². The summed E-state index contributed by atoms with van der Waals surface area (Å²) in [5.74, 6) is -0.269. The van der Waals surface area contributed by atoms with Crippen LogP contribution in [0.1, 0.15) is 5.56 Å². The van der Waals surface area contributed by atoms with E-state index in [0.717, 1.165) is 5.56 Å². The fourth-order valence-electron chi connectivity index (χ4n) is 1.82. The Labute approximate surface area is 130 Å². The number of benzene rings is 2. The number of amides is 1. The van der Waals surface area contributed by atoms with Crippen LogP contribution in [0, 0.1) is 0 Å². The van der Waals surface area contributed by atoms with Crippen LogP contribution in [-0.2, 0) is 11.2 Å². The number of nitrogens with one attached hydrogen (secondary N) is 1. The van der Waals surface area contributed by atoms with E-state index in [1.54, 1.807) is 42.5 Å². The van der Waals surface area contributed by atoms with Gasteiger partial charge in [-0.15, -0.1) is 0 Å². The van der Waals surface area contributed by atoms with Crippen molar-refractivity contribution in [2.45, 2.75) is 12.5 Å². The predicted octanol–water partition coefficient (Wildman–Crippen LogP) is 2.37. The molecule has 0 aliphatic rings. The molecule has 0 fully saturated rings. The van der Waals surface area contributed by atoms with Gasteiger partial charge in [-0.05, 0) is 52.2 Å². The third-order valence-corrected chi connectivity index (χ3v) is 3.61. The Balaban J connectivity index is 2.02. The molecule has 0 saturated carbocycles. The maximum absolute atomic E-state index is 12.0. The molecule has 0 radical (unpaired) electrons. The molecule has 110 valence electrons. The van der Waals surface area contributed by atoms with Crippen molar-refractivity contribution in [3.63, 3.8) is 0 Å². The predicted molar refractivity (Wildman–Crippen MR) is 84.2 cm³/mol. The zero-order valence-electron chi connectivity index (χ0n) is 11.1. The van der Waals surface area contributed by atoms with Crippen LogP contribution in [0.3, 0.4) is 0 Å². The zero-order valence-corrected chi connectivity index (χ0v) is 12.7. The molecule has 0 saturated heterocycles. The number of rotatable bonds is 4. The first-order chi connectivity index (χ1) is 9.97. The molecule has 0 aliphatic heterocycles. The Morgan fingerprint density at radius 2 is 1.86 bits per heavy atom. The summed E-state index contributed by atoms with van der Waals surface area (Å²) in [4.78, 5) is 12.0. The van der Waals surface area contributed by atoms with Crippen LogP contribution in [0.5, 0.6) is 11.5 Å². The van der Waals surface area contributed by atoms with E-state index in [4.69, 9.17) is 5.73 Å². The summed E-state index contributed by atoms with van der Waals surface area (Å²) in [7, 11) is 0. The summed E-state index contributed by atoms with van der Waals surface area (Å²) in [6.45, 7) is 0. The molecule has 0 heterocycles. The van der Waals surface area contributed by atoms with Crippen molar-refractivity contribution in [2.75, 3.05) is 5.32 Å². The van der Waals surface area contributed by atoms with Crippen molar-refractivity contribution in [2.24, 2.45) is 5.73 Å². The third-order valence-electron chi connectivity index (χ3n) is 2.97. The molecular weight excluding hydrogens is 336 g/mol. The maximum atomic E-state index is 12.0. The summed E-state index contributed by atoms with van der Waals surface area (Å²) < 4.78 is 0.493. The maximum Gasteiger partial charge on any atom is 0.241 e. The smallest absolute Gasteiger partial charge is 0.241 e. The van der Waals surface area contributed by atoms with Crippen LogP contribution in [-0.4, -0.2) is 22.2 Å². The van der Waals surface area contributed by atoms with E-state index in [1.165, 1.54) is 0 Å². The second kappa shape index (κ2) is 6.60. The van der Waals surface area contributed by atoms with Crippen LogP contribution in [0.4, 0.5) is 5.69 Å². The van der Waals surface area contributed by atoms with Crippen molar-refractivity contribution in [3.8, 4) is 11.5 Å². The van der Waals surface area contributed by atoms with E-state index in [0.29, 0.717) is 16.6 Å². The Hall–Kier alpha value is -2.05. The number of nitrogens with two attached hydrogens (primary N) is 1. The zero-order chi connectivity index (χ0) is 15.4. The number of aromatic hydroxyl groups is 2. The molecule has 1 amide bonds. The van der Waals surface area contributed by atoms with Gasteiger partial charge in [0.2, 0.25) is 5.91 Å². The van der Waals surface area contributed by atoms with E-state index in [-0.39, 0.29) is 11.5 Å². The van der Waals surface area contributed by atoms with E-state index < -0.39 is 11.9 Å². The van der Waals surface area contributed by atoms with Gasteiger partial charge in [-0.1, -0.05) is 18.2 Å². The van der Waals surface area contributed by atoms with Crippen LogP contribution < -0.4 is 11.1 Å². The number of hydrogen-bond donors (Lipinski definition) is 4. The Bertz CT molecular complexity index is 644. The van der Waals surface area contributed by atoms with Gasteiger partial charge < -0.3 is 21.3 Å². The molecule has 0 aromatic heterocycles. The minimum absolute atomic E-state index is 0.0392. The fraction of sp³-hybridized carbons (Fsp3) is 0.133. The molecule has 2 rings (SSSR count). The minimum atomic E-state index is -0.757. The van der Waals surface area contributed by atoms with Crippen molar-refractivity contribution >= 4 is 27.5 Å². The first-order valence-electron chi connectivity index (χ1n) is 6.29.